The molecule has 1 atom stereocenters. The SMILES string of the molecule is CC(C)C(=O)NCCNC[C@H](O)COc1ccccc1. The molecular formula is C15H24N2O3. The molecule has 0 aliphatic rings. The van der Waals surface area contributed by atoms with Gasteiger partial charge in [0.1, 0.15) is 18.5 Å². The van der Waals surface area contributed by atoms with E-state index in [-0.39, 0.29) is 18.4 Å². The van der Waals surface area contributed by atoms with Crippen molar-refractivity contribution in [3.05, 3.63) is 30.3 Å². The van der Waals surface area contributed by atoms with E-state index in [0.29, 0.717) is 19.6 Å². The zero-order valence-electron chi connectivity index (χ0n) is 12.1. The van der Waals surface area contributed by atoms with Crippen molar-refractivity contribution in [2.75, 3.05) is 26.2 Å². The van der Waals surface area contributed by atoms with Crippen LogP contribution < -0.4 is 15.4 Å². The van der Waals surface area contributed by atoms with Crippen LogP contribution in [0.2, 0.25) is 0 Å². The molecule has 0 bridgehead atoms. The van der Waals surface area contributed by atoms with Crippen molar-refractivity contribution < 1.29 is 14.6 Å². The quantitative estimate of drug-likeness (QED) is 0.585. The second kappa shape index (κ2) is 9.34. The van der Waals surface area contributed by atoms with Crippen LogP contribution in [-0.2, 0) is 4.79 Å². The average Bonchev–Trinajstić information content (AvgIpc) is 2.45. The molecule has 5 heteroatoms. The number of benzene rings is 1. The number of hydrogen-bond donors (Lipinski definition) is 3. The molecule has 0 saturated carbocycles. The average molecular weight is 280 g/mol. The number of aliphatic hydroxyl groups excluding tert-OH is 1. The van der Waals surface area contributed by atoms with Gasteiger partial charge in [-0.15, -0.1) is 0 Å². The van der Waals surface area contributed by atoms with E-state index < -0.39 is 6.10 Å². The van der Waals surface area contributed by atoms with Crippen LogP contribution in [-0.4, -0.2) is 43.4 Å². The maximum atomic E-state index is 11.3. The lowest BCUT2D eigenvalue weighted by molar-refractivity contribution is -0.123. The second-order valence-corrected chi connectivity index (χ2v) is 4.93. The Bertz CT molecular complexity index is 382. The summed E-state index contributed by atoms with van der Waals surface area (Å²) in [5, 5.41) is 15.6. The highest BCUT2D eigenvalue weighted by Crippen LogP contribution is 2.08. The van der Waals surface area contributed by atoms with Crippen LogP contribution >= 0.6 is 0 Å². The van der Waals surface area contributed by atoms with Crippen molar-refractivity contribution in [3.63, 3.8) is 0 Å². The zero-order valence-corrected chi connectivity index (χ0v) is 12.1. The van der Waals surface area contributed by atoms with Crippen LogP contribution in [0.5, 0.6) is 5.75 Å². The Morgan fingerprint density at radius 2 is 1.95 bits per heavy atom. The first-order valence-corrected chi connectivity index (χ1v) is 6.94. The molecule has 20 heavy (non-hydrogen) atoms. The summed E-state index contributed by atoms with van der Waals surface area (Å²) >= 11 is 0. The highest BCUT2D eigenvalue weighted by molar-refractivity contribution is 5.77. The van der Waals surface area contributed by atoms with E-state index in [2.05, 4.69) is 10.6 Å². The largest absolute Gasteiger partial charge is 0.491 e. The Labute approximate surface area is 120 Å². The number of ether oxygens (including phenoxy) is 1. The summed E-state index contributed by atoms with van der Waals surface area (Å²) in [5.41, 5.74) is 0. The maximum absolute atomic E-state index is 11.3. The number of rotatable bonds is 9. The van der Waals surface area contributed by atoms with Gasteiger partial charge in [-0.2, -0.15) is 0 Å². The van der Waals surface area contributed by atoms with E-state index in [0.717, 1.165) is 5.75 Å². The lowest BCUT2D eigenvalue weighted by Crippen LogP contribution is -2.38. The van der Waals surface area contributed by atoms with Gasteiger partial charge in [0.2, 0.25) is 5.91 Å². The predicted octanol–water partition coefficient (Wildman–Crippen LogP) is 0.788. The highest BCUT2D eigenvalue weighted by atomic mass is 16.5. The van der Waals surface area contributed by atoms with Crippen LogP contribution in [0.15, 0.2) is 30.3 Å². The number of carbonyl (C=O) groups is 1. The van der Waals surface area contributed by atoms with Gasteiger partial charge in [0.15, 0.2) is 0 Å². The monoisotopic (exact) mass is 280 g/mol. The van der Waals surface area contributed by atoms with Crippen LogP contribution in [0.1, 0.15) is 13.8 Å². The lowest BCUT2D eigenvalue weighted by Gasteiger charge is -2.13. The lowest BCUT2D eigenvalue weighted by atomic mass is 10.2. The van der Waals surface area contributed by atoms with E-state index in [1.165, 1.54) is 0 Å². The summed E-state index contributed by atoms with van der Waals surface area (Å²) < 4.78 is 5.43. The Morgan fingerprint density at radius 3 is 2.60 bits per heavy atom. The fourth-order valence-corrected chi connectivity index (χ4v) is 1.51. The molecule has 0 aliphatic carbocycles. The molecule has 0 heterocycles. The molecule has 1 rings (SSSR count). The predicted molar refractivity (Wildman–Crippen MR) is 78.7 cm³/mol. The number of amides is 1. The Kier molecular flexibility index (Phi) is 7.69. The van der Waals surface area contributed by atoms with Gasteiger partial charge in [-0.05, 0) is 12.1 Å². The third-order valence-corrected chi connectivity index (χ3v) is 2.69. The van der Waals surface area contributed by atoms with Crippen LogP contribution in [0.4, 0.5) is 0 Å². The molecule has 0 unspecified atom stereocenters. The first-order valence-electron chi connectivity index (χ1n) is 6.94. The highest BCUT2D eigenvalue weighted by Gasteiger charge is 2.06. The Balaban J connectivity index is 2.03. The maximum Gasteiger partial charge on any atom is 0.222 e. The normalized spacial score (nSPS) is 12.2. The summed E-state index contributed by atoms with van der Waals surface area (Å²) in [6, 6.07) is 9.38. The number of para-hydroxylation sites is 1. The number of hydrogen-bond acceptors (Lipinski definition) is 4. The summed E-state index contributed by atoms with van der Waals surface area (Å²) in [6.07, 6.45) is -0.573. The first-order chi connectivity index (χ1) is 9.59. The molecule has 0 saturated heterocycles. The molecule has 0 spiro atoms. The molecule has 5 nitrogen and oxygen atoms in total. The van der Waals surface area contributed by atoms with Crippen molar-refractivity contribution >= 4 is 5.91 Å². The number of nitrogens with one attached hydrogen (secondary N) is 2. The summed E-state index contributed by atoms with van der Waals surface area (Å²) in [5.74, 6) is 0.787. The second-order valence-electron chi connectivity index (χ2n) is 4.93. The molecule has 0 aromatic heterocycles. The Morgan fingerprint density at radius 1 is 1.25 bits per heavy atom. The molecule has 1 aromatic carbocycles. The van der Waals surface area contributed by atoms with Crippen molar-refractivity contribution in [2.45, 2.75) is 20.0 Å². The molecular weight excluding hydrogens is 256 g/mol. The topological polar surface area (TPSA) is 70.6 Å². The van der Waals surface area contributed by atoms with Crippen LogP contribution in [0, 0.1) is 5.92 Å². The first kappa shape index (κ1) is 16.5. The molecule has 0 aliphatic heterocycles. The summed E-state index contributed by atoms with van der Waals surface area (Å²) in [4.78, 5) is 11.3. The number of carbonyl (C=O) groups excluding carboxylic acids is 1. The smallest absolute Gasteiger partial charge is 0.222 e. The molecule has 0 fully saturated rings. The molecule has 1 aromatic rings. The summed E-state index contributed by atoms with van der Waals surface area (Å²) in [7, 11) is 0. The van der Waals surface area contributed by atoms with E-state index in [1.54, 1.807) is 0 Å². The third-order valence-electron chi connectivity index (χ3n) is 2.69. The fourth-order valence-electron chi connectivity index (χ4n) is 1.51. The molecule has 3 N–H and O–H groups in total. The van der Waals surface area contributed by atoms with Gasteiger partial charge in [0.05, 0.1) is 0 Å². The number of aliphatic hydroxyl groups is 1. The van der Waals surface area contributed by atoms with E-state index in [4.69, 9.17) is 4.74 Å². The van der Waals surface area contributed by atoms with Crippen molar-refractivity contribution in [1.82, 2.24) is 10.6 Å². The molecule has 1 amide bonds. The minimum absolute atomic E-state index is 0.000127. The fraction of sp³-hybridized carbons (Fsp3) is 0.533. The van der Waals surface area contributed by atoms with Gasteiger partial charge >= 0.3 is 0 Å². The third kappa shape index (κ3) is 7.11. The van der Waals surface area contributed by atoms with Crippen LogP contribution in [0.3, 0.4) is 0 Å². The summed E-state index contributed by atoms with van der Waals surface area (Å²) in [6.45, 7) is 5.57. The van der Waals surface area contributed by atoms with Gasteiger partial charge in [0, 0.05) is 25.6 Å². The molecule has 0 radical (unpaired) electrons. The van der Waals surface area contributed by atoms with E-state index in [9.17, 15) is 9.90 Å². The van der Waals surface area contributed by atoms with Gasteiger partial charge in [-0.25, -0.2) is 0 Å². The minimum Gasteiger partial charge on any atom is -0.491 e. The standard InChI is InChI=1S/C15H24N2O3/c1-12(2)15(19)17-9-8-16-10-13(18)11-20-14-6-4-3-5-7-14/h3-7,12-13,16,18H,8-11H2,1-2H3,(H,17,19)/t13-/m0/s1. The minimum atomic E-state index is -0.573. The Hall–Kier alpha value is -1.59. The van der Waals surface area contributed by atoms with Crippen molar-refractivity contribution in [3.8, 4) is 5.75 Å². The van der Waals surface area contributed by atoms with Gasteiger partial charge in [0.25, 0.3) is 0 Å². The zero-order chi connectivity index (χ0) is 14.8. The van der Waals surface area contributed by atoms with Gasteiger partial charge in [-0.3, -0.25) is 4.79 Å². The van der Waals surface area contributed by atoms with E-state index in [1.807, 2.05) is 44.2 Å². The van der Waals surface area contributed by atoms with E-state index >= 15 is 0 Å². The van der Waals surface area contributed by atoms with Crippen molar-refractivity contribution in [2.24, 2.45) is 5.92 Å². The van der Waals surface area contributed by atoms with Gasteiger partial charge < -0.3 is 20.5 Å². The van der Waals surface area contributed by atoms with Gasteiger partial charge in [-0.1, -0.05) is 32.0 Å². The molecule has 112 valence electrons. The van der Waals surface area contributed by atoms with Crippen molar-refractivity contribution in [1.29, 1.82) is 0 Å². The van der Waals surface area contributed by atoms with Crippen LogP contribution in [0.25, 0.3) is 0 Å².